The summed E-state index contributed by atoms with van der Waals surface area (Å²) in [5, 5.41) is 2.79. The Morgan fingerprint density at radius 1 is 1.56 bits per heavy atom. The second kappa shape index (κ2) is 4.52. The summed E-state index contributed by atoms with van der Waals surface area (Å²) in [5.41, 5.74) is 5.87. The first-order valence-corrected chi connectivity index (χ1v) is 5.45. The van der Waals surface area contributed by atoms with E-state index in [9.17, 15) is 4.79 Å². The molecule has 2 rings (SSSR count). The zero-order chi connectivity index (χ0) is 11.5. The van der Waals surface area contributed by atoms with Crippen LogP contribution in [0.2, 0.25) is 0 Å². The molecule has 84 valence electrons. The van der Waals surface area contributed by atoms with Crippen molar-refractivity contribution in [2.45, 2.75) is 18.9 Å². The van der Waals surface area contributed by atoms with E-state index in [1.165, 1.54) is 18.6 Å². The molecular weight excluding hydrogens is 224 g/mol. The van der Waals surface area contributed by atoms with Crippen LogP contribution in [-0.2, 0) is 0 Å². The van der Waals surface area contributed by atoms with Crippen LogP contribution in [-0.4, -0.2) is 26.9 Å². The molecule has 1 aromatic rings. The quantitative estimate of drug-likeness (QED) is 0.733. The standard InChI is InChI=1S/C10H12N4OS/c11-9(16)8(6-1-2-6)14-10(15)7-5-12-3-4-13-7/h3-6,8H,1-2H2,(H2,11,16)(H,14,15). The van der Waals surface area contributed by atoms with Gasteiger partial charge in [-0.2, -0.15) is 0 Å². The molecule has 1 heterocycles. The van der Waals surface area contributed by atoms with Gasteiger partial charge in [-0.3, -0.25) is 9.78 Å². The predicted octanol–water partition coefficient (Wildman–Crippen LogP) is 0.271. The largest absolute Gasteiger partial charge is 0.392 e. The van der Waals surface area contributed by atoms with E-state index < -0.39 is 0 Å². The van der Waals surface area contributed by atoms with Crippen LogP contribution >= 0.6 is 12.2 Å². The van der Waals surface area contributed by atoms with Gasteiger partial charge in [-0.15, -0.1) is 0 Å². The number of amides is 1. The molecule has 1 aromatic heterocycles. The fourth-order valence-electron chi connectivity index (χ4n) is 1.48. The molecule has 0 spiro atoms. The molecule has 1 aliphatic rings. The Morgan fingerprint density at radius 3 is 2.81 bits per heavy atom. The van der Waals surface area contributed by atoms with Gasteiger partial charge in [0, 0.05) is 12.4 Å². The van der Waals surface area contributed by atoms with Crippen LogP contribution < -0.4 is 11.1 Å². The number of aromatic nitrogens is 2. The van der Waals surface area contributed by atoms with E-state index in [0.717, 1.165) is 12.8 Å². The molecule has 1 unspecified atom stereocenters. The van der Waals surface area contributed by atoms with E-state index in [4.69, 9.17) is 18.0 Å². The van der Waals surface area contributed by atoms with Gasteiger partial charge in [0.05, 0.1) is 17.2 Å². The van der Waals surface area contributed by atoms with Gasteiger partial charge >= 0.3 is 0 Å². The first-order valence-electron chi connectivity index (χ1n) is 5.04. The van der Waals surface area contributed by atoms with Gasteiger partial charge in [0.2, 0.25) is 0 Å². The first-order chi connectivity index (χ1) is 7.68. The average molecular weight is 236 g/mol. The number of nitrogens with zero attached hydrogens (tertiary/aromatic N) is 2. The molecule has 1 aliphatic carbocycles. The Kier molecular flexibility index (Phi) is 3.09. The van der Waals surface area contributed by atoms with Crippen LogP contribution in [0.4, 0.5) is 0 Å². The maximum Gasteiger partial charge on any atom is 0.272 e. The molecule has 5 nitrogen and oxygen atoms in total. The van der Waals surface area contributed by atoms with Gasteiger partial charge in [0.15, 0.2) is 0 Å². The number of nitrogens with two attached hydrogens (primary N) is 1. The SMILES string of the molecule is NC(=S)C(NC(=O)c1cnccn1)C1CC1. The van der Waals surface area contributed by atoms with Gasteiger partial charge in [-0.05, 0) is 18.8 Å². The summed E-state index contributed by atoms with van der Waals surface area (Å²) in [4.78, 5) is 19.8. The highest BCUT2D eigenvalue weighted by molar-refractivity contribution is 7.80. The molecule has 0 aromatic carbocycles. The van der Waals surface area contributed by atoms with Crippen LogP contribution in [0.25, 0.3) is 0 Å². The van der Waals surface area contributed by atoms with Crippen molar-refractivity contribution in [3.63, 3.8) is 0 Å². The molecule has 3 N–H and O–H groups in total. The van der Waals surface area contributed by atoms with Crippen LogP contribution in [0.1, 0.15) is 23.3 Å². The van der Waals surface area contributed by atoms with Crippen LogP contribution in [0.15, 0.2) is 18.6 Å². The Balaban J connectivity index is 2.03. The van der Waals surface area contributed by atoms with E-state index in [1.807, 2.05) is 0 Å². The minimum Gasteiger partial charge on any atom is -0.392 e. The molecular formula is C10H12N4OS. The average Bonchev–Trinajstić information content (AvgIpc) is 3.10. The molecule has 16 heavy (non-hydrogen) atoms. The number of carbonyl (C=O) groups is 1. The Morgan fingerprint density at radius 2 is 2.31 bits per heavy atom. The van der Waals surface area contributed by atoms with Gasteiger partial charge in [-0.1, -0.05) is 12.2 Å². The summed E-state index contributed by atoms with van der Waals surface area (Å²) in [6, 6.07) is -0.218. The summed E-state index contributed by atoms with van der Waals surface area (Å²) in [6.07, 6.45) is 6.52. The second-order valence-corrected chi connectivity index (χ2v) is 4.25. The van der Waals surface area contributed by atoms with Crippen molar-refractivity contribution in [3.8, 4) is 0 Å². The Hall–Kier alpha value is -1.56. The molecule has 6 heteroatoms. The van der Waals surface area contributed by atoms with E-state index in [0.29, 0.717) is 10.9 Å². The predicted molar refractivity (Wildman–Crippen MR) is 62.8 cm³/mol. The van der Waals surface area contributed by atoms with Crippen molar-refractivity contribution in [2.75, 3.05) is 0 Å². The van der Waals surface area contributed by atoms with Crippen molar-refractivity contribution in [3.05, 3.63) is 24.3 Å². The Bertz CT molecular complexity index is 405. The smallest absolute Gasteiger partial charge is 0.272 e. The molecule has 0 radical (unpaired) electrons. The highest BCUT2D eigenvalue weighted by atomic mass is 32.1. The van der Waals surface area contributed by atoms with Crippen molar-refractivity contribution in [1.82, 2.24) is 15.3 Å². The zero-order valence-electron chi connectivity index (χ0n) is 8.59. The maximum absolute atomic E-state index is 11.8. The minimum absolute atomic E-state index is 0.218. The van der Waals surface area contributed by atoms with Gasteiger partial charge in [0.1, 0.15) is 5.69 Å². The fraction of sp³-hybridized carbons (Fsp3) is 0.400. The lowest BCUT2D eigenvalue weighted by atomic mass is 10.2. The van der Waals surface area contributed by atoms with Crippen molar-refractivity contribution in [2.24, 2.45) is 11.7 Å². The lowest BCUT2D eigenvalue weighted by Crippen LogP contribution is -2.45. The topological polar surface area (TPSA) is 80.9 Å². The third-order valence-corrected chi connectivity index (χ3v) is 2.74. The second-order valence-electron chi connectivity index (χ2n) is 3.78. The highest BCUT2D eigenvalue weighted by Crippen LogP contribution is 2.32. The molecule has 1 fully saturated rings. The minimum atomic E-state index is -0.280. The summed E-state index contributed by atoms with van der Waals surface area (Å²) in [7, 11) is 0. The number of nitrogens with one attached hydrogen (secondary N) is 1. The third-order valence-electron chi connectivity index (χ3n) is 2.48. The van der Waals surface area contributed by atoms with E-state index in [-0.39, 0.29) is 17.6 Å². The van der Waals surface area contributed by atoms with Gasteiger partial charge in [-0.25, -0.2) is 4.98 Å². The van der Waals surface area contributed by atoms with Crippen molar-refractivity contribution in [1.29, 1.82) is 0 Å². The lowest BCUT2D eigenvalue weighted by molar-refractivity contribution is 0.0938. The van der Waals surface area contributed by atoms with Crippen LogP contribution in [0, 0.1) is 5.92 Å². The number of carbonyl (C=O) groups excluding carboxylic acids is 1. The van der Waals surface area contributed by atoms with Crippen LogP contribution in [0.5, 0.6) is 0 Å². The molecule has 1 atom stereocenters. The number of hydrogen-bond donors (Lipinski definition) is 2. The molecule has 1 amide bonds. The van der Waals surface area contributed by atoms with Crippen molar-refractivity contribution < 1.29 is 4.79 Å². The Labute approximate surface area is 98.5 Å². The fourth-order valence-corrected chi connectivity index (χ4v) is 1.73. The van der Waals surface area contributed by atoms with E-state index >= 15 is 0 Å². The number of hydrogen-bond acceptors (Lipinski definition) is 4. The lowest BCUT2D eigenvalue weighted by Gasteiger charge is -2.15. The highest BCUT2D eigenvalue weighted by Gasteiger charge is 2.34. The van der Waals surface area contributed by atoms with Crippen molar-refractivity contribution >= 4 is 23.1 Å². The van der Waals surface area contributed by atoms with Crippen LogP contribution in [0.3, 0.4) is 0 Å². The molecule has 0 aliphatic heterocycles. The first kappa shape index (κ1) is 10.9. The summed E-state index contributed by atoms with van der Waals surface area (Å²) >= 11 is 4.93. The zero-order valence-corrected chi connectivity index (χ0v) is 9.41. The summed E-state index contributed by atoms with van der Waals surface area (Å²) in [5.74, 6) is 0.107. The van der Waals surface area contributed by atoms with Gasteiger partial charge < -0.3 is 11.1 Å². The summed E-state index contributed by atoms with van der Waals surface area (Å²) in [6.45, 7) is 0. The number of rotatable bonds is 4. The molecule has 0 saturated heterocycles. The monoisotopic (exact) mass is 236 g/mol. The number of thiocarbonyl (C=S) groups is 1. The molecule has 1 saturated carbocycles. The normalized spacial score (nSPS) is 16.5. The van der Waals surface area contributed by atoms with E-state index in [2.05, 4.69) is 15.3 Å². The molecule has 0 bridgehead atoms. The third kappa shape index (κ3) is 2.52. The maximum atomic E-state index is 11.8. The van der Waals surface area contributed by atoms with Gasteiger partial charge in [0.25, 0.3) is 5.91 Å². The summed E-state index contributed by atoms with van der Waals surface area (Å²) < 4.78 is 0. The van der Waals surface area contributed by atoms with E-state index in [1.54, 1.807) is 0 Å².